The largest absolute Gasteiger partial charge is 0.493 e. The summed E-state index contributed by atoms with van der Waals surface area (Å²) in [5.41, 5.74) is 2.21. The first-order valence-electron chi connectivity index (χ1n) is 9.45. The molecule has 0 atom stereocenters. The van der Waals surface area contributed by atoms with E-state index in [-0.39, 0.29) is 17.2 Å². The topological polar surface area (TPSA) is 120 Å². The van der Waals surface area contributed by atoms with Crippen LogP contribution in [0.5, 0.6) is 11.5 Å². The first-order chi connectivity index (χ1) is 15.3. The minimum Gasteiger partial charge on any atom is -0.493 e. The van der Waals surface area contributed by atoms with Gasteiger partial charge in [0.25, 0.3) is 15.7 Å². The summed E-state index contributed by atoms with van der Waals surface area (Å²) in [5.74, 6) is 0.859. The number of rotatable bonds is 9. The number of hydrogen-bond donors (Lipinski definition) is 1. The fraction of sp³-hybridized carbons (Fsp3) is 0.136. The summed E-state index contributed by atoms with van der Waals surface area (Å²) in [6.07, 6.45) is 1.28. The lowest BCUT2D eigenvalue weighted by molar-refractivity contribution is -0.385. The lowest BCUT2D eigenvalue weighted by atomic mass is 10.1. The number of para-hydroxylation sites is 1. The summed E-state index contributed by atoms with van der Waals surface area (Å²) < 4.78 is 36.2. The van der Waals surface area contributed by atoms with Crippen molar-refractivity contribution in [3.63, 3.8) is 0 Å². The molecule has 1 N–H and O–H groups in total. The molecule has 0 saturated heterocycles. The van der Waals surface area contributed by atoms with Gasteiger partial charge >= 0.3 is 0 Å². The quantitative estimate of drug-likeness (QED) is 0.298. The molecule has 9 nitrogen and oxygen atoms in total. The Labute approximate surface area is 185 Å². The Morgan fingerprint density at radius 3 is 2.56 bits per heavy atom. The van der Waals surface area contributed by atoms with Crippen LogP contribution in [0.1, 0.15) is 16.7 Å². The van der Waals surface area contributed by atoms with Crippen LogP contribution in [0, 0.1) is 17.0 Å². The predicted octanol–water partition coefficient (Wildman–Crippen LogP) is 3.80. The number of hydrazone groups is 1. The van der Waals surface area contributed by atoms with Crippen molar-refractivity contribution < 1.29 is 22.8 Å². The molecule has 0 aliphatic rings. The number of aryl methyl sites for hydroxylation is 1. The van der Waals surface area contributed by atoms with Crippen LogP contribution in [0.15, 0.2) is 76.7 Å². The van der Waals surface area contributed by atoms with Gasteiger partial charge in [0.05, 0.1) is 23.1 Å². The highest BCUT2D eigenvalue weighted by Crippen LogP contribution is 2.31. The van der Waals surface area contributed by atoms with Crippen LogP contribution < -0.4 is 14.3 Å². The van der Waals surface area contributed by atoms with E-state index in [9.17, 15) is 18.5 Å². The minimum absolute atomic E-state index is 0.273. The Hall–Kier alpha value is -3.92. The number of nitrogens with zero attached hydrogens (tertiary/aromatic N) is 2. The third-order valence-corrected chi connectivity index (χ3v) is 5.63. The zero-order valence-corrected chi connectivity index (χ0v) is 18.2. The molecule has 0 radical (unpaired) electrons. The number of ether oxygens (including phenoxy) is 2. The minimum atomic E-state index is -4.10. The number of methoxy groups -OCH3 is 1. The average molecular weight is 455 g/mol. The lowest BCUT2D eigenvalue weighted by Gasteiger charge is -2.13. The zero-order chi connectivity index (χ0) is 23.1. The molecule has 3 rings (SSSR count). The first-order valence-corrected chi connectivity index (χ1v) is 10.9. The second-order valence-corrected chi connectivity index (χ2v) is 8.42. The standard InChI is InChI=1S/C22H21N3O6S/c1-16-6-3-7-17(12-16)15-31-22-18(8-4-11-21(22)30-2)14-23-24-32(28,29)20-10-5-9-19(13-20)25(26)27/h3-14,24H,15H2,1-2H3/b23-14+. The number of hydrogen-bond acceptors (Lipinski definition) is 7. The van der Waals surface area contributed by atoms with Gasteiger partial charge < -0.3 is 9.47 Å². The van der Waals surface area contributed by atoms with Gasteiger partial charge in [-0.15, -0.1) is 0 Å². The van der Waals surface area contributed by atoms with Crippen LogP contribution in [0.4, 0.5) is 5.69 Å². The molecule has 0 aromatic heterocycles. The second kappa shape index (κ2) is 9.92. The van der Waals surface area contributed by atoms with Crippen LogP contribution >= 0.6 is 0 Å². The normalized spacial score (nSPS) is 11.3. The molecule has 0 saturated carbocycles. The van der Waals surface area contributed by atoms with Crippen LogP contribution in [0.3, 0.4) is 0 Å². The molecular weight excluding hydrogens is 434 g/mol. The third kappa shape index (κ3) is 5.61. The molecule has 166 valence electrons. The maximum atomic E-state index is 12.4. The number of nitro benzene ring substituents is 1. The van der Waals surface area contributed by atoms with E-state index >= 15 is 0 Å². The van der Waals surface area contributed by atoms with Gasteiger partial charge in [-0.1, -0.05) is 42.0 Å². The van der Waals surface area contributed by atoms with E-state index in [0.717, 1.165) is 17.2 Å². The van der Waals surface area contributed by atoms with Crippen molar-refractivity contribution in [2.24, 2.45) is 5.10 Å². The van der Waals surface area contributed by atoms with E-state index in [1.165, 1.54) is 31.5 Å². The molecule has 3 aromatic rings. The highest BCUT2D eigenvalue weighted by Gasteiger charge is 2.17. The molecule has 0 unspecified atom stereocenters. The lowest BCUT2D eigenvalue weighted by Crippen LogP contribution is -2.18. The van der Waals surface area contributed by atoms with Gasteiger partial charge in [0.2, 0.25) is 0 Å². The fourth-order valence-electron chi connectivity index (χ4n) is 2.89. The molecule has 0 aliphatic carbocycles. The molecule has 0 fully saturated rings. The van der Waals surface area contributed by atoms with Crippen molar-refractivity contribution in [1.29, 1.82) is 0 Å². The van der Waals surface area contributed by atoms with Gasteiger partial charge in [-0.3, -0.25) is 10.1 Å². The molecule has 0 amide bonds. The molecule has 10 heteroatoms. The SMILES string of the molecule is COc1cccc(/C=N/NS(=O)(=O)c2cccc([N+](=O)[O-])c2)c1OCc1cccc(C)c1. The number of nitro groups is 1. The van der Waals surface area contributed by atoms with E-state index in [1.807, 2.05) is 31.2 Å². The van der Waals surface area contributed by atoms with Gasteiger partial charge in [0, 0.05) is 17.7 Å². The van der Waals surface area contributed by atoms with E-state index in [0.29, 0.717) is 17.1 Å². The molecule has 0 aliphatic heterocycles. The third-order valence-electron chi connectivity index (χ3n) is 4.41. The smallest absolute Gasteiger partial charge is 0.276 e. The Morgan fingerprint density at radius 1 is 1.09 bits per heavy atom. The summed E-state index contributed by atoms with van der Waals surface area (Å²) >= 11 is 0. The molecule has 0 spiro atoms. The van der Waals surface area contributed by atoms with E-state index in [4.69, 9.17) is 9.47 Å². The average Bonchev–Trinajstić information content (AvgIpc) is 2.78. The van der Waals surface area contributed by atoms with Gasteiger partial charge in [-0.2, -0.15) is 13.5 Å². The Bertz CT molecular complexity index is 1260. The summed E-state index contributed by atoms with van der Waals surface area (Å²) in [6, 6.07) is 17.7. The second-order valence-electron chi connectivity index (χ2n) is 6.76. The summed E-state index contributed by atoms with van der Waals surface area (Å²) in [4.78, 5) is 12.0. The Balaban J connectivity index is 1.80. The Morgan fingerprint density at radius 2 is 1.84 bits per heavy atom. The van der Waals surface area contributed by atoms with Gasteiger partial charge in [-0.25, -0.2) is 4.83 Å². The van der Waals surface area contributed by atoms with E-state index < -0.39 is 14.9 Å². The number of non-ortho nitro benzene ring substituents is 1. The van der Waals surface area contributed by atoms with Gasteiger partial charge in [0.15, 0.2) is 11.5 Å². The number of nitrogens with one attached hydrogen (secondary N) is 1. The number of sulfonamides is 1. The van der Waals surface area contributed by atoms with E-state index in [1.54, 1.807) is 18.2 Å². The van der Waals surface area contributed by atoms with Crippen molar-refractivity contribution in [2.45, 2.75) is 18.4 Å². The maximum absolute atomic E-state index is 12.4. The molecule has 3 aromatic carbocycles. The zero-order valence-electron chi connectivity index (χ0n) is 17.4. The van der Waals surface area contributed by atoms with Crippen molar-refractivity contribution in [3.8, 4) is 11.5 Å². The van der Waals surface area contributed by atoms with Crippen molar-refractivity contribution in [3.05, 3.63) is 93.5 Å². The number of benzene rings is 3. The first kappa shape index (κ1) is 22.8. The van der Waals surface area contributed by atoms with E-state index in [2.05, 4.69) is 9.93 Å². The summed E-state index contributed by atoms with van der Waals surface area (Å²) in [7, 11) is -2.60. The van der Waals surface area contributed by atoms with Crippen molar-refractivity contribution >= 4 is 21.9 Å². The molecule has 32 heavy (non-hydrogen) atoms. The van der Waals surface area contributed by atoms with Crippen molar-refractivity contribution in [2.75, 3.05) is 7.11 Å². The van der Waals surface area contributed by atoms with Crippen LogP contribution in [-0.4, -0.2) is 26.7 Å². The maximum Gasteiger partial charge on any atom is 0.276 e. The molecule has 0 bridgehead atoms. The molecular formula is C22H21N3O6S. The van der Waals surface area contributed by atoms with Gasteiger partial charge in [-0.05, 0) is 30.7 Å². The Kier molecular flexibility index (Phi) is 7.06. The van der Waals surface area contributed by atoms with Gasteiger partial charge in [0.1, 0.15) is 6.61 Å². The fourth-order valence-corrected chi connectivity index (χ4v) is 3.72. The van der Waals surface area contributed by atoms with Crippen LogP contribution in [0.25, 0.3) is 0 Å². The highest BCUT2D eigenvalue weighted by atomic mass is 32.2. The summed E-state index contributed by atoms with van der Waals surface area (Å²) in [5, 5.41) is 14.7. The van der Waals surface area contributed by atoms with Crippen LogP contribution in [-0.2, 0) is 16.6 Å². The predicted molar refractivity (Wildman–Crippen MR) is 120 cm³/mol. The van der Waals surface area contributed by atoms with Crippen molar-refractivity contribution in [1.82, 2.24) is 4.83 Å². The molecule has 0 heterocycles. The monoisotopic (exact) mass is 455 g/mol. The van der Waals surface area contributed by atoms with Crippen LogP contribution in [0.2, 0.25) is 0 Å². The highest BCUT2D eigenvalue weighted by molar-refractivity contribution is 7.89. The summed E-state index contributed by atoms with van der Waals surface area (Å²) in [6.45, 7) is 2.26.